The topological polar surface area (TPSA) is 12.0 Å². The second-order valence-electron chi connectivity index (χ2n) is 4.08. The Kier molecular flexibility index (Phi) is 4.10. The van der Waals surface area contributed by atoms with Gasteiger partial charge in [-0.15, -0.1) is 0 Å². The van der Waals surface area contributed by atoms with Crippen molar-refractivity contribution in [1.29, 1.82) is 0 Å². The third-order valence-electron chi connectivity index (χ3n) is 2.59. The van der Waals surface area contributed by atoms with E-state index in [1.165, 1.54) is 12.1 Å². The Hall–Kier alpha value is -1.25. The monoisotopic (exact) mass is 283 g/mol. The molecule has 0 saturated carbocycles. The molecule has 0 amide bonds. The summed E-state index contributed by atoms with van der Waals surface area (Å²) in [4.78, 5) is 0. The van der Waals surface area contributed by atoms with Gasteiger partial charge in [0.2, 0.25) is 0 Å². The molecule has 0 aliphatic heterocycles. The molecular formula is C14H12Cl2FN. The van der Waals surface area contributed by atoms with Gasteiger partial charge in [-0.1, -0.05) is 35.3 Å². The molecule has 0 spiro atoms. The normalized spacial score (nSPS) is 12.2. The molecule has 0 aliphatic carbocycles. The van der Waals surface area contributed by atoms with Gasteiger partial charge in [0.1, 0.15) is 5.82 Å². The Morgan fingerprint density at radius 2 is 1.83 bits per heavy atom. The fourth-order valence-corrected chi connectivity index (χ4v) is 2.17. The van der Waals surface area contributed by atoms with Gasteiger partial charge in [-0.25, -0.2) is 4.39 Å². The molecular weight excluding hydrogens is 272 g/mol. The molecule has 1 nitrogen and oxygen atoms in total. The summed E-state index contributed by atoms with van der Waals surface area (Å²) in [5.74, 6) is -0.358. The van der Waals surface area contributed by atoms with Gasteiger partial charge in [0.25, 0.3) is 0 Å². The smallest absolute Gasteiger partial charge is 0.126 e. The standard InChI is InChI=1S/C14H12Cl2FN/c1-9(10-3-2-4-11(15)5-10)18-14-7-12(16)6-13(17)8-14/h2-9,18H,1H3. The molecule has 0 radical (unpaired) electrons. The summed E-state index contributed by atoms with van der Waals surface area (Å²) in [7, 11) is 0. The van der Waals surface area contributed by atoms with Crippen LogP contribution in [0.4, 0.5) is 10.1 Å². The van der Waals surface area contributed by atoms with Crippen molar-refractivity contribution >= 4 is 28.9 Å². The van der Waals surface area contributed by atoms with Crippen LogP contribution in [0.2, 0.25) is 10.0 Å². The summed E-state index contributed by atoms with van der Waals surface area (Å²) >= 11 is 11.7. The van der Waals surface area contributed by atoms with Crippen LogP contribution in [0.1, 0.15) is 18.5 Å². The van der Waals surface area contributed by atoms with E-state index >= 15 is 0 Å². The molecule has 0 aromatic heterocycles. The first-order chi connectivity index (χ1) is 8.54. The van der Waals surface area contributed by atoms with Crippen LogP contribution in [-0.4, -0.2) is 0 Å². The maximum atomic E-state index is 13.2. The highest BCUT2D eigenvalue weighted by molar-refractivity contribution is 6.31. The molecule has 0 aliphatic rings. The molecule has 2 aromatic rings. The molecule has 2 aromatic carbocycles. The minimum atomic E-state index is -0.358. The summed E-state index contributed by atoms with van der Waals surface area (Å²) < 4.78 is 13.2. The molecule has 0 fully saturated rings. The van der Waals surface area contributed by atoms with Gasteiger partial charge in [0.05, 0.1) is 0 Å². The molecule has 1 atom stereocenters. The number of anilines is 1. The van der Waals surface area contributed by atoms with Crippen molar-refractivity contribution in [3.8, 4) is 0 Å². The van der Waals surface area contributed by atoms with E-state index in [1.54, 1.807) is 6.07 Å². The highest BCUT2D eigenvalue weighted by Crippen LogP contribution is 2.24. The molecule has 1 unspecified atom stereocenters. The molecule has 2 rings (SSSR count). The minimum absolute atomic E-state index is 0.0153. The fourth-order valence-electron chi connectivity index (χ4n) is 1.75. The molecule has 0 heterocycles. The van der Waals surface area contributed by atoms with Gasteiger partial charge in [-0.2, -0.15) is 0 Å². The zero-order valence-electron chi connectivity index (χ0n) is 9.75. The molecule has 4 heteroatoms. The largest absolute Gasteiger partial charge is 0.378 e. The van der Waals surface area contributed by atoms with Crippen LogP contribution in [-0.2, 0) is 0 Å². The molecule has 94 valence electrons. The van der Waals surface area contributed by atoms with Crippen molar-refractivity contribution in [2.75, 3.05) is 5.32 Å². The SMILES string of the molecule is CC(Nc1cc(F)cc(Cl)c1)c1cccc(Cl)c1. The van der Waals surface area contributed by atoms with E-state index in [-0.39, 0.29) is 11.9 Å². The number of halogens is 3. The summed E-state index contributed by atoms with van der Waals surface area (Å²) in [6.07, 6.45) is 0. The van der Waals surface area contributed by atoms with E-state index in [0.29, 0.717) is 15.7 Å². The van der Waals surface area contributed by atoms with Crippen molar-refractivity contribution in [2.45, 2.75) is 13.0 Å². The van der Waals surface area contributed by atoms with Crippen LogP contribution in [0.5, 0.6) is 0 Å². The van der Waals surface area contributed by atoms with Gasteiger partial charge in [0.15, 0.2) is 0 Å². The Balaban J connectivity index is 2.18. The van der Waals surface area contributed by atoms with Crippen molar-refractivity contribution in [3.63, 3.8) is 0 Å². The molecule has 0 saturated heterocycles. The Morgan fingerprint density at radius 3 is 2.50 bits per heavy atom. The first-order valence-electron chi connectivity index (χ1n) is 5.53. The molecule has 18 heavy (non-hydrogen) atoms. The quantitative estimate of drug-likeness (QED) is 0.805. The lowest BCUT2D eigenvalue weighted by Crippen LogP contribution is -2.06. The number of hydrogen-bond acceptors (Lipinski definition) is 1. The lowest BCUT2D eigenvalue weighted by atomic mass is 10.1. The first-order valence-corrected chi connectivity index (χ1v) is 6.28. The van der Waals surface area contributed by atoms with E-state index < -0.39 is 0 Å². The average molecular weight is 284 g/mol. The summed E-state index contributed by atoms with van der Waals surface area (Å²) in [5, 5.41) is 4.23. The highest BCUT2D eigenvalue weighted by Gasteiger charge is 2.07. The van der Waals surface area contributed by atoms with E-state index in [9.17, 15) is 4.39 Å². The van der Waals surface area contributed by atoms with E-state index in [0.717, 1.165) is 5.56 Å². The first kappa shape index (κ1) is 13.2. The summed E-state index contributed by atoms with van der Waals surface area (Å²) in [6.45, 7) is 1.98. The van der Waals surface area contributed by atoms with Crippen molar-refractivity contribution in [3.05, 3.63) is 63.9 Å². The fraction of sp³-hybridized carbons (Fsp3) is 0.143. The van der Waals surface area contributed by atoms with E-state index in [1.807, 2.05) is 31.2 Å². The number of rotatable bonds is 3. The predicted molar refractivity (Wildman–Crippen MR) is 74.9 cm³/mol. The van der Waals surface area contributed by atoms with Crippen molar-refractivity contribution in [1.82, 2.24) is 0 Å². The Labute approximate surface area is 116 Å². The predicted octanol–water partition coefficient (Wildman–Crippen LogP) is 5.31. The third-order valence-corrected chi connectivity index (χ3v) is 3.05. The van der Waals surface area contributed by atoms with Crippen LogP contribution in [0.3, 0.4) is 0 Å². The van der Waals surface area contributed by atoms with Crippen LogP contribution < -0.4 is 5.32 Å². The summed E-state index contributed by atoms with van der Waals surface area (Å²) in [6, 6.07) is 11.9. The van der Waals surface area contributed by atoms with Gasteiger partial charge in [-0.3, -0.25) is 0 Å². The Bertz CT molecular complexity index is 537. The number of hydrogen-bond donors (Lipinski definition) is 1. The Morgan fingerprint density at radius 1 is 1.06 bits per heavy atom. The van der Waals surface area contributed by atoms with E-state index in [2.05, 4.69) is 5.32 Å². The van der Waals surface area contributed by atoms with Crippen molar-refractivity contribution in [2.24, 2.45) is 0 Å². The van der Waals surface area contributed by atoms with Crippen LogP contribution in [0, 0.1) is 5.82 Å². The summed E-state index contributed by atoms with van der Waals surface area (Å²) in [5.41, 5.74) is 1.68. The van der Waals surface area contributed by atoms with Crippen LogP contribution >= 0.6 is 23.2 Å². The van der Waals surface area contributed by atoms with Gasteiger partial charge in [0, 0.05) is 21.8 Å². The van der Waals surface area contributed by atoms with Crippen molar-refractivity contribution < 1.29 is 4.39 Å². The zero-order valence-corrected chi connectivity index (χ0v) is 11.3. The van der Waals surface area contributed by atoms with Gasteiger partial charge < -0.3 is 5.32 Å². The maximum Gasteiger partial charge on any atom is 0.126 e. The van der Waals surface area contributed by atoms with Crippen LogP contribution in [0.15, 0.2) is 42.5 Å². The average Bonchev–Trinajstić information content (AvgIpc) is 2.27. The third kappa shape index (κ3) is 3.37. The second-order valence-corrected chi connectivity index (χ2v) is 4.95. The lowest BCUT2D eigenvalue weighted by Gasteiger charge is -2.16. The molecule has 1 N–H and O–H groups in total. The van der Waals surface area contributed by atoms with Gasteiger partial charge >= 0.3 is 0 Å². The lowest BCUT2D eigenvalue weighted by molar-refractivity contribution is 0.628. The number of benzene rings is 2. The van der Waals surface area contributed by atoms with E-state index in [4.69, 9.17) is 23.2 Å². The highest BCUT2D eigenvalue weighted by atomic mass is 35.5. The molecule has 0 bridgehead atoms. The zero-order chi connectivity index (χ0) is 13.1. The second kappa shape index (κ2) is 5.59. The number of nitrogens with one attached hydrogen (secondary N) is 1. The van der Waals surface area contributed by atoms with Gasteiger partial charge in [-0.05, 0) is 42.8 Å². The maximum absolute atomic E-state index is 13.2. The van der Waals surface area contributed by atoms with Crippen LogP contribution in [0.25, 0.3) is 0 Å². The minimum Gasteiger partial charge on any atom is -0.378 e.